The van der Waals surface area contributed by atoms with E-state index in [1.807, 2.05) is 0 Å². The van der Waals surface area contributed by atoms with E-state index in [2.05, 4.69) is 36.6 Å². The van der Waals surface area contributed by atoms with E-state index < -0.39 is 10.0 Å². The molecule has 2 aromatic carbocycles. The van der Waals surface area contributed by atoms with Crippen molar-refractivity contribution in [3.05, 3.63) is 56.5 Å². The number of hydrogen-bond donors (Lipinski definition) is 1. The SMILES string of the molecule is O=S(=O)(Nc1ccc(Br)c(Cl)c1Cl)c1ccc(CBr)cc1. The Hall–Kier alpha value is -0.270. The fourth-order valence-electron chi connectivity index (χ4n) is 1.57. The molecule has 0 fully saturated rings. The second-order valence-electron chi connectivity index (χ2n) is 4.11. The molecule has 21 heavy (non-hydrogen) atoms. The number of alkyl halides is 1. The van der Waals surface area contributed by atoms with E-state index in [0.29, 0.717) is 9.80 Å². The molecule has 0 unspecified atom stereocenters. The molecule has 0 saturated heterocycles. The third-order valence-corrected chi connectivity index (χ3v) is 6.47. The number of sulfonamides is 1. The van der Waals surface area contributed by atoms with Crippen LogP contribution in [0.5, 0.6) is 0 Å². The van der Waals surface area contributed by atoms with Crippen LogP contribution in [0.3, 0.4) is 0 Å². The van der Waals surface area contributed by atoms with Gasteiger partial charge in [0.2, 0.25) is 0 Å². The van der Waals surface area contributed by atoms with Gasteiger partial charge in [0.1, 0.15) is 0 Å². The number of benzene rings is 2. The maximum absolute atomic E-state index is 12.3. The summed E-state index contributed by atoms with van der Waals surface area (Å²) in [7, 11) is -3.71. The van der Waals surface area contributed by atoms with E-state index in [-0.39, 0.29) is 20.6 Å². The van der Waals surface area contributed by atoms with E-state index in [1.165, 1.54) is 12.1 Å². The fraction of sp³-hybridized carbons (Fsp3) is 0.0769. The first-order valence-electron chi connectivity index (χ1n) is 5.66. The standard InChI is InChI=1S/C13H9Br2Cl2NO2S/c14-7-8-1-3-9(4-2-8)21(19,20)18-11-6-5-10(15)12(16)13(11)17/h1-6,18H,7H2. The Bertz CT molecular complexity index is 764. The molecule has 2 aromatic rings. The lowest BCUT2D eigenvalue weighted by Gasteiger charge is -2.11. The van der Waals surface area contributed by atoms with Crippen molar-refractivity contribution in [2.75, 3.05) is 4.72 Å². The zero-order chi connectivity index (χ0) is 15.6. The van der Waals surface area contributed by atoms with Crippen LogP contribution in [0.1, 0.15) is 5.56 Å². The third-order valence-electron chi connectivity index (χ3n) is 2.67. The molecule has 0 bridgehead atoms. The Kier molecular flexibility index (Phi) is 5.59. The van der Waals surface area contributed by atoms with Gasteiger partial charge in [0.15, 0.2) is 0 Å². The van der Waals surface area contributed by atoms with Gasteiger partial charge >= 0.3 is 0 Å². The number of rotatable bonds is 4. The predicted molar refractivity (Wildman–Crippen MR) is 94.0 cm³/mol. The Morgan fingerprint density at radius 2 is 1.62 bits per heavy atom. The Balaban J connectivity index is 2.35. The van der Waals surface area contributed by atoms with Gasteiger partial charge in [-0.25, -0.2) is 8.42 Å². The predicted octanol–water partition coefficient (Wildman–Crippen LogP) is 5.45. The van der Waals surface area contributed by atoms with Gasteiger partial charge in [-0.2, -0.15) is 0 Å². The lowest BCUT2D eigenvalue weighted by Crippen LogP contribution is -2.13. The quantitative estimate of drug-likeness (QED) is 0.474. The van der Waals surface area contributed by atoms with Gasteiger partial charge in [0.25, 0.3) is 10.0 Å². The number of anilines is 1. The first-order valence-corrected chi connectivity index (χ1v) is 9.81. The van der Waals surface area contributed by atoms with Gasteiger partial charge in [-0.15, -0.1) is 0 Å². The second-order valence-corrected chi connectivity index (χ2v) is 7.96. The molecular formula is C13H9Br2Cl2NO2S. The van der Waals surface area contributed by atoms with Crippen LogP contribution >= 0.6 is 55.1 Å². The molecule has 0 saturated carbocycles. The zero-order valence-corrected chi connectivity index (χ0v) is 15.9. The maximum Gasteiger partial charge on any atom is 0.261 e. The van der Waals surface area contributed by atoms with Crippen LogP contribution < -0.4 is 4.72 Å². The lowest BCUT2D eigenvalue weighted by atomic mass is 10.2. The summed E-state index contributed by atoms with van der Waals surface area (Å²) < 4.78 is 27.7. The van der Waals surface area contributed by atoms with Gasteiger partial charge in [0, 0.05) is 9.80 Å². The van der Waals surface area contributed by atoms with Gasteiger partial charge in [-0.05, 0) is 45.8 Å². The van der Waals surface area contributed by atoms with E-state index >= 15 is 0 Å². The molecule has 2 rings (SSSR count). The molecule has 0 atom stereocenters. The van der Waals surface area contributed by atoms with Crippen LogP contribution in [0.15, 0.2) is 45.8 Å². The highest BCUT2D eigenvalue weighted by molar-refractivity contribution is 9.10. The Morgan fingerprint density at radius 1 is 1.00 bits per heavy atom. The van der Waals surface area contributed by atoms with Crippen LogP contribution in [0.2, 0.25) is 10.0 Å². The van der Waals surface area contributed by atoms with Gasteiger partial charge < -0.3 is 0 Å². The van der Waals surface area contributed by atoms with Gasteiger partial charge in [0.05, 0.1) is 20.6 Å². The van der Waals surface area contributed by atoms with Crippen molar-refractivity contribution in [2.24, 2.45) is 0 Å². The van der Waals surface area contributed by atoms with Crippen LogP contribution in [0.25, 0.3) is 0 Å². The zero-order valence-electron chi connectivity index (χ0n) is 10.4. The topological polar surface area (TPSA) is 46.2 Å². The summed E-state index contributed by atoms with van der Waals surface area (Å²) in [5.74, 6) is 0. The lowest BCUT2D eigenvalue weighted by molar-refractivity contribution is 0.601. The van der Waals surface area contributed by atoms with Crippen molar-refractivity contribution in [3.8, 4) is 0 Å². The summed E-state index contributed by atoms with van der Waals surface area (Å²) in [6.45, 7) is 0. The summed E-state index contributed by atoms with van der Waals surface area (Å²) in [6, 6.07) is 9.71. The first-order chi connectivity index (χ1) is 9.85. The summed E-state index contributed by atoms with van der Waals surface area (Å²) >= 11 is 18.6. The molecule has 1 N–H and O–H groups in total. The maximum atomic E-state index is 12.3. The van der Waals surface area contributed by atoms with E-state index in [0.717, 1.165) is 5.56 Å². The van der Waals surface area contributed by atoms with Crippen LogP contribution in [-0.4, -0.2) is 8.42 Å². The number of nitrogens with one attached hydrogen (secondary N) is 1. The highest BCUT2D eigenvalue weighted by Crippen LogP contribution is 2.36. The summed E-state index contributed by atoms with van der Waals surface area (Å²) in [5.41, 5.74) is 1.22. The van der Waals surface area contributed by atoms with Gasteiger partial charge in [-0.3, -0.25) is 4.72 Å². The van der Waals surface area contributed by atoms with Crippen molar-refractivity contribution < 1.29 is 8.42 Å². The number of hydrogen-bond acceptors (Lipinski definition) is 2. The highest BCUT2D eigenvalue weighted by atomic mass is 79.9. The van der Waals surface area contributed by atoms with E-state index in [9.17, 15) is 8.42 Å². The molecule has 8 heteroatoms. The van der Waals surface area contributed by atoms with Crippen LogP contribution in [0.4, 0.5) is 5.69 Å². The van der Waals surface area contributed by atoms with E-state index in [1.54, 1.807) is 24.3 Å². The molecule has 0 aromatic heterocycles. The van der Waals surface area contributed by atoms with E-state index in [4.69, 9.17) is 23.2 Å². The summed E-state index contributed by atoms with van der Waals surface area (Å²) in [6.07, 6.45) is 0. The van der Waals surface area contributed by atoms with Crippen molar-refractivity contribution in [2.45, 2.75) is 10.2 Å². The van der Waals surface area contributed by atoms with Crippen LogP contribution in [-0.2, 0) is 15.4 Å². The van der Waals surface area contributed by atoms with Gasteiger partial charge in [-0.1, -0.05) is 51.3 Å². The normalized spacial score (nSPS) is 11.4. The smallest absolute Gasteiger partial charge is 0.261 e. The minimum absolute atomic E-state index is 0.145. The summed E-state index contributed by atoms with van der Waals surface area (Å²) in [4.78, 5) is 0.155. The minimum Gasteiger partial charge on any atom is -0.278 e. The third kappa shape index (κ3) is 3.93. The van der Waals surface area contributed by atoms with Crippen molar-refractivity contribution in [3.63, 3.8) is 0 Å². The minimum atomic E-state index is -3.71. The molecule has 112 valence electrons. The average Bonchev–Trinajstić information content (AvgIpc) is 2.48. The molecule has 0 aliphatic carbocycles. The largest absolute Gasteiger partial charge is 0.278 e. The van der Waals surface area contributed by atoms with Crippen molar-refractivity contribution in [1.29, 1.82) is 0 Å². The molecule has 3 nitrogen and oxygen atoms in total. The molecule has 0 spiro atoms. The molecular weight excluding hydrogens is 465 g/mol. The summed E-state index contributed by atoms with van der Waals surface area (Å²) in [5, 5.41) is 1.06. The van der Waals surface area contributed by atoms with Crippen LogP contribution in [0, 0.1) is 0 Å². The molecule has 0 radical (unpaired) electrons. The molecule has 0 aliphatic heterocycles. The van der Waals surface area contributed by atoms with Crippen molar-refractivity contribution in [1.82, 2.24) is 0 Å². The Morgan fingerprint density at radius 3 is 2.19 bits per heavy atom. The molecule has 0 amide bonds. The first kappa shape index (κ1) is 17.1. The fourth-order valence-corrected chi connectivity index (χ4v) is 3.89. The van der Waals surface area contributed by atoms with Crippen molar-refractivity contribution >= 4 is 70.8 Å². The highest BCUT2D eigenvalue weighted by Gasteiger charge is 2.17. The average molecular weight is 474 g/mol. The molecule has 0 aliphatic rings. The second kappa shape index (κ2) is 6.87. The monoisotopic (exact) mass is 471 g/mol. The molecule has 0 heterocycles. The number of halogens is 4. The Labute approximate surface area is 150 Å².